The lowest BCUT2D eigenvalue weighted by Crippen LogP contribution is -2.21. The molecule has 0 aromatic heterocycles. The lowest BCUT2D eigenvalue weighted by Gasteiger charge is -2.20. The zero-order chi connectivity index (χ0) is 16.4. The van der Waals surface area contributed by atoms with E-state index < -0.39 is 12.2 Å². The van der Waals surface area contributed by atoms with Crippen LogP contribution in [0.4, 0.5) is 0 Å². The Morgan fingerprint density at radius 1 is 1.32 bits per heavy atom. The largest absolute Gasteiger partial charge is 0.466 e. The molecule has 0 saturated carbocycles. The lowest BCUT2D eigenvalue weighted by molar-refractivity contribution is -0.143. The highest BCUT2D eigenvalue weighted by atomic mass is 16.5. The Labute approximate surface area is 133 Å². The number of hydrogen-bond donors (Lipinski definition) is 2. The summed E-state index contributed by atoms with van der Waals surface area (Å²) in [4.78, 5) is 11.4. The number of unbranched alkanes of at least 4 members (excludes halogenated alkanes) is 2. The van der Waals surface area contributed by atoms with Crippen molar-refractivity contribution in [3.63, 3.8) is 0 Å². The number of aliphatic hydroxyl groups is 2. The number of carbonyl (C=O) groups excluding carboxylic acids is 1. The first kappa shape index (κ1) is 18.9. The fourth-order valence-electron chi connectivity index (χ4n) is 2.80. The molecule has 0 radical (unpaired) electrons. The minimum atomic E-state index is -0.527. The summed E-state index contributed by atoms with van der Waals surface area (Å²) < 4.78 is 4.93. The Hall–Kier alpha value is -1.13. The molecule has 0 aliphatic heterocycles. The Bertz CT molecular complexity index is 375. The highest BCUT2D eigenvalue weighted by Crippen LogP contribution is 2.31. The summed E-state index contributed by atoms with van der Waals surface area (Å²) in [5, 5.41) is 19.9. The van der Waals surface area contributed by atoms with Gasteiger partial charge in [0, 0.05) is 12.3 Å². The minimum absolute atomic E-state index is 0.0107. The molecular formula is C18H30O4. The first-order valence-electron chi connectivity index (χ1n) is 8.46. The molecule has 0 saturated heterocycles. The highest BCUT2D eigenvalue weighted by molar-refractivity contribution is 5.69. The SMILES string of the molecule is CCCCCC(O)/C=C/[C@H]1C=C[C@H](O)[C@H]1CCC(=O)OCC. The van der Waals surface area contributed by atoms with Crippen LogP contribution in [0.1, 0.15) is 52.4 Å². The molecule has 1 aliphatic carbocycles. The number of ether oxygens (including phenoxy) is 1. The fraction of sp³-hybridized carbons (Fsp3) is 0.722. The van der Waals surface area contributed by atoms with Crippen molar-refractivity contribution in [1.29, 1.82) is 0 Å². The summed E-state index contributed by atoms with van der Waals surface area (Å²) in [5.74, 6) is -0.155. The van der Waals surface area contributed by atoms with E-state index in [1.165, 1.54) is 0 Å². The summed E-state index contributed by atoms with van der Waals surface area (Å²) in [6.45, 7) is 4.31. The van der Waals surface area contributed by atoms with Gasteiger partial charge in [0.2, 0.25) is 0 Å². The quantitative estimate of drug-likeness (QED) is 0.370. The van der Waals surface area contributed by atoms with Gasteiger partial charge in [-0.05, 0) is 25.7 Å². The monoisotopic (exact) mass is 310 g/mol. The minimum Gasteiger partial charge on any atom is -0.466 e. The molecule has 4 heteroatoms. The summed E-state index contributed by atoms with van der Waals surface area (Å²) >= 11 is 0. The van der Waals surface area contributed by atoms with E-state index >= 15 is 0 Å². The van der Waals surface area contributed by atoms with Crippen molar-refractivity contribution in [2.45, 2.75) is 64.6 Å². The van der Waals surface area contributed by atoms with Gasteiger partial charge < -0.3 is 14.9 Å². The van der Waals surface area contributed by atoms with E-state index in [0.29, 0.717) is 19.4 Å². The van der Waals surface area contributed by atoms with E-state index in [-0.39, 0.29) is 17.8 Å². The second-order valence-corrected chi connectivity index (χ2v) is 5.91. The number of allylic oxidation sites excluding steroid dienone is 2. The maximum atomic E-state index is 11.4. The second kappa shape index (κ2) is 10.6. The van der Waals surface area contributed by atoms with E-state index in [0.717, 1.165) is 25.7 Å². The Kier molecular flexibility index (Phi) is 9.09. The van der Waals surface area contributed by atoms with Crippen molar-refractivity contribution < 1.29 is 19.7 Å². The van der Waals surface area contributed by atoms with Gasteiger partial charge in [0.1, 0.15) is 0 Å². The van der Waals surface area contributed by atoms with Crippen LogP contribution < -0.4 is 0 Å². The summed E-state index contributed by atoms with van der Waals surface area (Å²) in [5.41, 5.74) is 0. The maximum absolute atomic E-state index is 11.4. The third-order valence-electron chi connectivity index (χ3n) is 4.11. The zero-order valence-electron chi connectivity index (χ0n) is 13.8. The molecule has 0 heterocycles. The molecule has 0 spiro atoms. The molecule has 0 aromatic carbocycles. The number of hydrogen-bond acceptors (Lipinski definition) is 4. The maximum Gasteiger partial charge on any atom is 0.305 e. The smallest absolute Gasteiger partial charge is 0.305 e. The second-order valence-electron chi connectivity index (χ2n) is 5.91. The molecule has 1 rings (SSSR count). The van der Waals surface area contributed by atoms with Crippen LogP contribution in [0.3, 0.4) is 0 Å². The van der Waals surface area contributed by atoms with Crippen molar-refractivity contribution in [3.8, 4) is 0 Å². The van der Waals surface area contributed by atoms with Gasteiger partial charge in [-0.15, -0.1) is 0 Å². The van der Waals surface area contributed by atoms with E-state index in [2.05, 4.69) is 6.92 Å². The number of esters is 1. The van der Waals surface area contributed by atoms with Gasteiger partial charge in [0.05, 0.1) is 18.8 Å². The Balaban J connectivity index is 2.43. The molecule has 0 fully saturated rings. The van der Waals surface area contributed by atoms with E-state index in [1.807, 2.05) is 18.2 Å². The molecule has 0 amide bonds. The van der Waals surface area contributed by atoms with E-state index in [9.17, 15) is 15.0 Å². The zero-order valence-corrected chi connectivity index (χ0v) is 13.8. The van der Waals surface area contributed by atoms with Gasteiger partial charge in [-0.2, -0.15) is 0 Å². The molecule has 22 heavy (non-hydrogen) atoms. The van der Waals surface area contributed by atoms with Crippen LogP contribution in [0.5, 0.6) is 0 Å². The van der Waals surface area contributed by atoms with Crippen molar-refractivity contribution in [3.05, 3.63) is 24.3 Å². The Morgan fingerprint density at radius 3 is 2.77 bits per heavy atom. The fourth-order valence-corrected chi connectivity index (χ4v) is 2.80. The van der Waals surface area contributed by atoms with E-state index in [4.69, 9.17) is 4.74 Å². The topological polar surface area (TPSA) is 66.8 Å². The Morgan fingerprint density at radius 2 is 2.09 bits per heavy atom. The van der Waals surface area contributed by atoms with Crippen molar-refractivity contribution in [2.75, 3.05) is 6.61 Å². The summed E-state index contributed by atoms with van der Waals surface area (Å²) in [6.07, 6.45) is 11.5. The average molecular weight is 310 g/mol. The molecule has 1 unspecified atom stereocenters. The normalized spacial score (nSPS) is 25.7. The first-order valence-corrected chi connectivity index (χ1v) is 8.46. The third kappa shape index (κ3) is 6.75. The van der Waals surface area contributed by atoms with Crippen molar-refractivity contribution >= 4 is 5.97 Å². The van der Waals surface area contributed by atoms with Gasteiger partial charge in [-0.3, -0.25) is 4.79 Å². The molecule has 4 nitrogen and oxygen atoms in total. The molecule has 1 aliphatic rings. The highest BCUT2D eigenvalue weighted by Gasteiger charge is 2.29. The van der Waals surface area contributed by atoms with Crippen LogP contribution in [0.15, 0.2) is 24.3 Å². The van der Waals surface area contributed by atoms with Crippen LogP contribution in [-0.2, 0) is 9.53 Å². The van der Waals surface area contributed by atoms with Gasteiger partial charge in [-0.1, -0.05) is 50.5 Å². The first-order chi connectivity index (χ1) is 10.6. The molecule has 0 bridgehead atoms. The average Bonchev–Trinajstić information content (AvgIpc) is 2.84. The van der Waals surface area contributed by atoms with Crippen molar-refractivity contribution in [1.82, 2.24) is 0 Å². The van der Waals surface area contributed by atoms with Crippen LogP contribution in [-0.4, -0.2) is 35.0 Å². The summed E-state index contributed by atoms with van der Waals surface area (Å²) in [7, 11) is 0. The van der Waals surface area contributed by atoms with Gasteiger partial charge in [0.15, 0.2) is 0 Å². The number of carbonyl (C=O) groups is 1. The third-order valence-corrected chi connectivity index (χ3v) is 4.11. The van der Waals surface area contributed by atoms with Crippen LogP contribution >= 0.6 is 0 Å². The predicted octanol–water partition coefficient (Wildman–Crippen LogP) is 2.99. The molecule has 0 aromatic rings. The van der Waals surface area contributed by atoms with Gasteiger partial charge >= 0.3 is 5.97 Å². The standard InChI is InChI=1S/C18H30O4/c1-3-5-6-7-15(19)10-8-14-9-12-17(20)16(14)11-13-18(21)22-4-2/h8-10,12,14-17,19-20H,3-7,11,13H2,1-2H3/b10-8+/t14-,15?,16-,17-/m0/s1. The number of aliphatic hydroxyl groups excluding tert-OH is 2. The molecule has 126 valence electrons. The number of rotatable bonds is 10. The van der Waals surface area contributed by atoms with Crippen molar-refractivity contribution in [2.24, 2.45) is 11.8 Å². The van der Waals surface area contributed by atoms with Crippen LogP contribution in [0, 0.1) is 11.8 Å². The molecule has 4 atom stereocenters. The molecular weight excluding hydrogens is 280 g/mol. The molecule has 2 N–H and O–H groups in total. The van der Waals surface area contributed by atoms with Gasteiger partial charge in [-0.25, -0.2) is 0 Å². The van der Waals surface area contributed by atoms with Crippen LogP contribution in [0.2, 0.25) is 0 Å². The van der Waals surface area contributed by atoms with Gasteiger partial charge in [0.25, 0.3) is 0 Å². The summed E-state index contributed by atoms with van der Waals surface area (Å²) in [6, 6.07) is 0. The van der Waals surface area contributed by atoms with E-state index in [1.54, 1.807) is 13.0 Å². The predicted molar refractivity (Wildman–Crippen MR) is 87.3 cm³/mol. The van der Waals surface area contributed by atoms with Crippen LogP contribution in [0.25, 0.3) is 0 Å². The lowest BCUT2D eigenvalue weighted by atomic mass is 9.88.